The van der Waals surface area contributed by atoms with Crippen LogP contribution in [0.15, 0.2) is 27.6 Å². The second-order valence-corrected chi connectivity index (χ2v) is 7.77. The topological polar surface area (TPSA) is 115 Å². The summed E-state index contributed by atoms with van der Waals surface area (Å²) >= 11 is 0. The van der Waals surface area contributed by atoms with Crippen molar-refractivity contribution in [2.45, 2.75) is 44.7 Å². The van der Waals surface area contributed by atoms with Crippen LogP contribution in [-0.2, 0) is 21.4 Å². The van der Waals surface area contributed by atoms with Crippen LogP contribution < -0.4 is 14.4 Å². The molecule has 0 saturated carbocycles. The fourth-order valence-electron chi connectivity index (χ4n) is 2.49. The summed E-state index contributed by atoms with van der Waals surface area (Å²) in [4.78, 5) is 17.8. The Hall–Kier alpha value is -2.46. The van der Waals surface area contributed by atoms with Crippen LogP contribution in [0.1, 0.15) is 32.0 Å². The van der Waals surface area contributed by atoms with Gasteiger partial charge < -0.3 is 9.26 Å². The van der Waals surface area contributed by atoms with E-state index in [9.17, 15) is 13.2 Å². The second kappa shape index (κ2) is 7.04. The zero-order chi connectivity index (χ0) is 18.9. The highest BCUT2D eigenvalue weighted by molar-refractivity contribution is 7.89. The van der Waals surface area contributed by atoms with Gasteiger partial charge in [-0.15, -0.1) is 0 Å². The quantitative estimate of drug-likeness (QED) is 0.805. The Morgan fingerprint density at radius 3 is 2.81 bits per heavy atom. The molecule has 10 heteroatoms. The largest absolute Gasteiger partial charge is 0.482 e. The maximum absolute atomic E-state index is 12.5. The number of aryl methyl sites for hydroxylation is 1. The third-order valence-corrected chi connectivity index (χ3v) is 5.61. The molecule has 26 heavy (non-hydrogen) atoms. The maximum atomic E-state index is 12.5. The summed E-state index contributed by atoms with van der Waals surface area (Å²) < 4.78 is 38.0. The number of nitrogens with one attached hydrogen (secondary N) is 1. The number of fused-ring (bicyclic) bond motifs is 1. The molecule has 9 nitrogen and oxygen atoms in total. The SMILES string of the molecule is CCC(C)NS(=O)(=O)c1ccc2c(c1)N(Cc1noc(C)n1)C(=O)CO2. The highest BCUT2D eigenvalue weighted by Gasteiger charge is 2.29. The van der Waals surface area contributed by atoms with Gasteiger partial charge in [-0.05, 0) is 31.5 Å². The van der Waals surface area contributed by atoms with Crippen molar-refractivity contribution in [3.63, 3.8) is 0 Å². The van der Waals surface area contributed by atoms with E-state index >= 15 is 0 Å². The maximum Gasteiger partial charge on any atom is 0.265 e. The number of carbonyl (C=O) groups is 1. The third kappa shape index (κ3) is 3.70. The predicted molar refractivity (Wildman–Crippen MR) is 92.2 cm³/mol. The average Bonchev–Trinajstić information content (AvgIpc) is 3.01. The summed E-state index contributed by atoms with van der Waals surface area (Å²) in [5.74, 6) is 0.821. The molecule has 0 fully saturated rings. The number of carbonyl (C=O) groups excluding carboxylic acids is 1. The van der Waals surface area contributed by atoms with E-state index in [1.54, 1.807) is 19.9 Å². The molecule has 1 aromatic heterocycles. The standard InChI is InChI=1S/C16H20N4O5S/c1-4-10(2)19-26(22,23)12-5-6-14-13(7-12)20(16(21)9-24-14)8-15-17-11(3)25-18-15/h5-7,10,19H,4,8-9H2,1-3H3. The van der Waals surface area contributed by atoms with Crippen LogP contribution in [0.25, 0.3) is 0 Å². The first-order chi connectivity index (χ1) is 12.3. The van der Waals surface area contributed by atoms with Crippen molar-refractivity contribution < 1.29 is 22.5 Å². The lowest BCUT2D eigenvalue weighted by Crippen LogP contribution is -2.39. The van der Waals surface area contributed by atoms with Gasteiger partial charge in [0.2, 0.25) is 15.9 Å². The smallest absolute Gasteiger partial charge is 0.265 e. The van der Waals surface area contributed by atoms with Crippen LogP contribution in [0, 0.1) is 6.92 Å². The fourth-order valence-corrected chi connectivity index (χ4v) is 3.83. The second-order valence-electron chi connectivity index (χ2n) is 6.06. The highest BCUT2D eigenvalue weighted by Crippen LogP contribution is 2.35. The summed E-state index contributed by atoms with van der Waals surface area (Å²) in [6, 6.07) is 4.22. The van der Waals surface area contributed by atoms with Gasteiger partial charge in [-0.1, -0.05) is 12.1 Å². The molecule has 0 bridgehead atoms. The number of hydrogen-bond donors (Lipinski definition) is 1. The number of aromatic nitrogens is 2. The zero-order valence-electron chi connectivity index (χ0n) is 14.7. The summed E-state index contributed by atoms with van der Waals surface area (Å²) in [6.45, 7) is 5.25. The Morgan fingerprint density at radius 1 is 1.38 bits per heavy atom. The minimum Gasteiger partial charge on any atom is -0.482 e. The molecule has 0 radical (unpaired) electrons. The number of nitrogens with zero attached hydrogens (tertiary/aromatic N) is 3. The molecule has 3 rings (SSSR count). The average molecular weight is 380 g/mol. The minimum absolute atomic E-state index is 0.0594. The van der Waals surface area contributed by atoms with E-state index in [-0.39, 0.29) is 30.0 Å². The Bertz CT molecular complexity index is 924. The molecule has 1 aliphatic rings. The predicted octanol–water partition coefficient (Wildman–Crippen LogP) is 1.38. The van der Waals surface area contributed by atoms with Crippen LogP contribution in [-0.4, -0.2) is 37.1 Å². The van der Waals surface area contributed by atoms with Crippen LogP contribution in [0.3, 0.4) is 0 Å². The third-order valence-electron chi connectivity index (χ3n) is 4.02. The molecule has 1 atom stereocenters. The molecule has 1 amide bonds. The van der Waals surface area contributed by atoms with Crippen molar-refractivity contribution in [3.05, 3.63) is 29.9 Å². The summed E-state index contributed by atoms with van der Waals surface area (Å²) in [7, 11) is -3.71. The number of benzene rings is 1. The van der Waals surface area contributed by atoms with Crippen molar-refractivity contribution in [3.8, 4) is 5.75 Å². The van der Waals surface area contributed by atoms with Crippen molar-refractivity contribution in [2.24, 2.45) is 0 Å². The molecule has 1 aromatic carbocycles. The number of sulfonamides is 1. The molecule has 140 valence electrons. The van der Waals surface area contributed by atoms with Crippen molar-refractivity contribution in [1.29, 1.82) is 0 Å². The molecular formula is C16H20N4O5S. The van der Waals surface area contributed by atoms with Crippen LogP contribution in [0.2, 0.25) is 0 Å². The summed E-state index contributed by atoms with van der Waals surface area (Å²) in [5, 5.41) is 3.79. The van der Waals surface area contributed by atoms with Gasteiger partial charge >= 0.3 is 0 Å². The lowest BCUT2D eigenvalue weighted by atomic mass is 10.2. The molecule has 0 spiro atoms. The molecule has 1 aliphatic heterocycles. The van der Waals surface area contributed by atoms with Gasteiger partial charge in [-0.3, -0.25) is 9.69 Å². The normalized spacial score (nSPS) is 15.5. The van der Waals surface area contributed by atoms with Gasteiger partial charge in [0.05, 0.1) is 17.1 Å². The molecule has 2 heterocycles. The Balaban J connectivity index is 1.96. The molecule has 0 aliphatic carbocycles. The number of ether oxygens (including phenoxy) is 1. The van der Waals surface area contributed by atoms with Gasteiger partial charge in [0, 0.05) is 13.0 Å². The first-order valence-electron chi connectivity index (χ1n) is 8.19. The first kappa shape index (κ1) is 18.3. The lowest BCUT2D eigenvalue weighted by Gasteiger charge is -2.28. The Labute approximate surface area is 151 Å². The van der Waals surface area contributed by atoms with Crippen molar-refractivity contribution in [2.75, 3.05) is 11.5 Å². The summed E-state index contributed by atoms with van der Waals surface area (Å²) in [6.07, 6.45) is 0.662. The van der Waals surface area contributed by atoms with E-state index in [4.69, 9.17) is 9.26 Å². The summed E-state index contributed by atoms with van der Waals surface area (Å²) in [5.41, 5.74) is 0.357. The van der Waals surface area contributed by atoms with Gasteiger partial charge in [-0.25, -0.2) is 13.1 Å². The van der Waals surface area contributed by atoms with E-state index in [0.717, 1.165) is 0 Å². The first-order valence-corrected chi connectivity index (χ1v) is 9.67. The van der Waals surface area contributed by atoms with E-state index in [1.165, 1.54) is 17.0 Å². The van der Waals surface area contributed by atoms with Crippen molar-refractivity contribution in [1.82, 2.24) is 14.9 Å². The highest BCUT2D eigenvalue weighted by atomic mass is 32.2. The van der Waals surface area contributed by atoms with E-state index in [1.807, 2.05) is 6.92 Å². The number of amides is 1. The molecule has 1 N–H and O–H groups in total. The van der Waals surface area contributed by atoms with Crippen molar-refractivity contribution >= 4 is 21.6 Å². The monoisotopic (exact) mass is 380 g/mol. The zero-order valence-corrected chi connectivity index (χ0v) is 15.5. The molecule has 0 saturated heterocycles. The Kier molecular flexibility index (Phi) is 4.97. The van der Waals surface area contributed by atoms with E-state index < -0.39 is 10.0 Å². The van der Waals surface area contributed by atoms with Gasteiger partial charge in [-0.2, -0.15) is 4.98 Å². The molecule has 2 aromatic rings. The van der Waals surface area contributed by atoms with Gasteiger partial charge in [0.25, 0.3) is 5.91 Å². The van der Waals surface area contributed by atoms with Gasteiger partial charge in [0.1, 0.15) is 5.75 Å². The van der Waals surface area contributed by atoms with E-state index in [2.05, 4.69) is 14.9 Å². The molecule has 1 unspecified atom stereocenters. The number of anilines is 1. The van der Waals surface area contributed by atoms with E-state index in [0.29, 0.717) is 29.6 Å². The van der Waals surface area contributed by atoms with Crippen LogP contribution in [0.5, 0.6) is 5.75 Å². The minimum atomic E-state index is -3.71. The number of rotatable bonds is 6. The molecular weight excluding hydrogens is 360 g/mol. The lowest BCUT2D eigenvalue weighted by molar-refractivity contribution is -0.121. The van der Waals surface area contributed by atoms with Gasteiger partial charge in [0.15, 0.2) is 12.4 Å². The fraction of sp³-hybridized carbons (Fsp3) is 0.438. The van der Waals surface area contributed by atoms with Crippen LogP contribution in [0.4, 0.5) is 5.69 Å². The Morgan fingerprint density at radius 2 is 2.15 bits per heavy atom. The van der Waals surface area contributed by atoms with Crippen LogP contribution >= 0.6 is 0 Å². The number of hydrogen-bond acceptors (Lipinski definition) is 7.